The molecule has 20 heavy (non-hydrogen) atoms. The maximum Gasteiger partial charge on any atom is 0.315 e. The molecule has 2 atom stereocenters. The van der Waals surface area contributed by atoms with Gasteiger partial charge >= 0.3 is 11.9 Å². The Morgan fingerprint density at radius 1 is 1.00 bits per heavy atom. The van der Waals surface area contributed by atoms with Crippen molar-refractivity contribution in [1.29, 1.82) is 0 Å². The fraction of sp³-hybridized carbons (Fsp3) is 0.857. The van der Waals surface area contributed by atoms with Gasteiger partial charge in [-0.2, -0.15) is 0 Å². The summed E-state index contributed by atoms with van der Waals surface area (Å²) in [6, 6.07) is 0. The van der Waals surface area contributed by atoms with E-state index in [0.29, 0.717) is 19.6 Å². The van der Waals surface area contributed by atoms with Gasteiger partial charge < -0.3 is 18.9 Å². The summed E-state index contributed by atoms with van der Waals surface area (Å²) in [5.41, 5.74) is 0. The smallest absolute Gasteiger partial charge is 0.315 e. The van der Waals surface area contributed by atoms with Crippen molar-refractivity contribution in [3.63, 3.8) is 0 Å². The van der Waals surface area contributed by atoms with E-state index in [4.69, 9.17) is 18.9 Å². The Bertz CT molecular complexity index is 337. The quantitative estimate of drug-likeness (QED) is 0.498. The van der Waals surface area contributed by atoms with E-state index in [1.165, 1.54) is 14.2 Å². The molecule has 0 aliphatic heterocycles. The molecule has 1 aliphatic rings. The van der Waals surface area contributed by atoms with E-state index < -0.39 is 29.6 Å². The van der Waals surface area contributed by atoms with Crippen LogP contribution in [0.1, 0.15) is 33.1 Å². The van der Waals surface area contributed by atoms with Gasteiger partial charge in [0.15, 0.2) is 5.79 Å². The first kappa shape index (κ1) is 16.9. The Hall–Kier alpha value is -1.14. The molecule has 1 rings (SSSR count). The molecule has 1 fully saturated rings. The van der Waals surface area contributed by atoms with Gasteiger partial charge in [0.05, 0.1) is 19.1 Å². The molecule has 1 aliphatic carbocycles. The van der Waals surface area contributed by atoms with Crippen molar-refractivity contribution in [2.75, 3.05) is 27.4 Å². The lowest BCUT2D eigenvalue weighted by Crippen LogP contribution is -2.62. The van der Waals surface area contributed by atoms with Gasteiger partial charge in [-0.25, -0.2) is 0 Å². The largest absolute Gasteiger partial charge is 0.465 e. The summed E-state index contributed by atoms with van der Waals surface area (Å²) in [6.07, 6.45) is 1.76. The topological polar surface area (TPSA) is 71.1 Å². The fourth-order valence-electron chi connectivity index (χ4n) is 2.37. The first-order valence-corrected chi connectivity index (χ1v) is 6.99. The zero-order chi connectivity index (χ0) is 15.2. The fourth-order valence-corrected chi connectivity index (χ4v) is 2.37. The summed E-state index contributed by atoms with van der Waals surface area (Å²) in [5.74, 6) is -3.28. The number of rotatable bonds is 8. The highest BCUT2D eigenvalue weighted by atomic mass is 16.7. The molecule has 0 aromatic heterocycles. The van der Waals surface area contributed by atoms with E-state index in [0.717, 1.165) is 12.8 Å². The zero-order valence-electron chi connectivity index (χ0n) is 12.6. The van der Waals surface area contributed by atoms with Gasteiger partial charge in [-0.1, -0.05) is 13.8 Å². The Kier molecular flexibility index (Phi) is 6.42. The van der Waals surface area contributed by atoms with Crippen molar-refractivity contribution in [1.82, 2.24) is 0 Å². The van der Waals surface area contributed by atoms with Crippen LogP contribution in [-0.2, 0) is 28.5 Å². The first-order valence-electron chi connectivity index (χ1n) is 6.99. The SMILES string of the molecule is CCCOC(=O)[C@@H]1CC(OC)(OC)[C@H]1C(=O)OCCC. The minimum atomic E-state index is -1.08. The van der Waals surface area contributed by atoms with Crippen molar-refractivity contribution in [3.8, 4) is 0 Å². The number of methoxy groups -OCH3 is 2. The second-order valence-electron chi connectivity index (χ2n) is 4.84. The lowest BCUT2D eigenvalue weighted by Gasteiger charge is -2.49. The second kappa shape index (κ2) is 7.59. The third-order valence-electron chi connectivity index (χ3n) is 3.53. The minimum absolute atomic E-state index is 0.300. The molecule has 0 unspecified atom stereocenters. The highest BCUT2D eigenvalue weighted by Crippen LogP contribution is 2.48. The summed E-state index contributed by atoms with van der Waals surface area (Å²) < 4.78 is 20.8. The van der Waals surface area contributed by atoms with Crippen LogP contribution in [0.2, 0.25) is 0 Å². The molecule has 0 heterocycles. The molecule has 0 aromatic carbocycles. The average Bonchev–Trinajstić information content (AvgIpc) is 2.43. The number of hydrogen-bond acceptors (Lipinski definition) is 6. The molecule has 0 amide bonds. The predicted molar refractivity (Wildman–Crippen MR) is 70.8 cm³/mol. The van der Waals surface area contributed by atoms with Crippen LogP contribution in [0, 0.1) is 11.8 Å². The van der Waals surface area contributed by atoms with E-state index in [9.17, 15) is 9.59 Å². The van der Waals surface area contributed by atoms with Gasteiger partial charge in [-0.3, -0.25) is 9.59 Å². The van der Waals surface area contributed by atoms with E-state index in [1.54, 1.807) is 0 Å². The second-order valence-corrected chi connectivity index (χ2v) is 4.84. The van der Waals surface area contributed by atoms with E-state index in [1.807, 2.05) is 13.8 Å². The normalized spacial score (nSPS) is 23.8. The Balaban J connectivity index is 2.76. The lowest BCUT2D eigenvalue weighted by molar-refractivity contribution is -0.305. The monoisotopic (exact) mass is 288 g/mol. The first-order chi connectivity index (χ1) is 9.56. The van der Waals surface area contributed by atoms with Crippen molar-refractivity contribution >= 4 is 11.9 Å². The molecule has 6 nitrogen and oxygen atoms in total. The molecule has 0 bridgehead atoms. The van der Waals surface area contributed by atoms with Crippen LogP contribution in [0.3, 0.4) is 0 Å². The van der Waals surface area contributed by atoms with E-state index >= 15 is 0 Å². The minimum Gasteiger partial charge on any atom is -0.465 e. The summed E-state index contributed by atoms with van der Waals surface area (Å²) in [5, 5.41) is 0. The maximum absolute atomic E-state index is 12.1. The summed E-state index contributed by atoms with van der Waals surface area (Å²) in [4.78, 5) is 24.1. The van der Waals surface area contributed by atoms with Crippen molar-refractivity contribution in [2.45, 2.75) is 38.9 Å². The Morgan fingerprint density at radius 2 is 1.50 bits per heavy atom. The molecular formula is C14H24O6. The number of esters is 2. The van der Waals surface area contributed by atoms with Gasteiger partial charge in [-0.15, -0.1) is 0 Å². The summed E-state index contributed by atoms with van der Waals surface area (Å²) in [7, 11) is 2.91. The molecule has 116 valence electrons. The summed E-state index contributed by atoms with van der Waals surface area (Å²) >= 11 is 0. The van der Waals surface area contributed by atoms with Crippen LogP contribution in [0.5, 0.6) is 0 Å². The molecule has 0 saturated heterocycles. The van der Waals surface area contributed by atoms with Crippen LogP contribution in [0.25, 0.3) is 0 Å². The predicted octanol–water partition coefficient (Wildman–Crippen LogP) is 1.52. The van der Waals surface area contributed by atoms with E-state index in [-0.39, 0.29) is 0 Å². The molecule has 1 saturated carbocycles. The molecule has 6 heteroatoms. The van der Waals surface area contributed by atoms with Crippen molar-refractivity contribution in [3.05, 3.63) is 0 Å². The van der Waals surface area contributed by atoms with Gasteiger partial charge in [0.1, 0.15) is 5.92 Å². The van der Waals surface area contributed by atoms with Crippen molar-refractivity contribution in [2.24, 2.45) is 11.8 Å². The van der Waals surface area contributed by atoms with Crippen molar-refractivity contribution < 1.29 is 28.5 Å². The number of hydrogen-bond donors (Lipinski definition) is 0. The molecular weight excluding hydrogens is 264 g/mol. The molecule has 0 spiro atoms. The number of carbonyl (C=O) groups is 2. The molecule has 0 aromatic rings. The van der Waals surface area contributed by atoms with Crippen LogP contribution in [0.15, 0.2) is 0 Å². The van der Waals surface area contributed by atoms with Gasteiger partial charge in [-0.05, 0) is 12.8 Å². The van der Waals surface area contributed by atoms with Crippen LogP contribution in [0.4, 0.5) is 0 Å². The lowest BCUT2D eigenvalue weighted by atomic mass is 9.67. The number of ether oxygens (including phenoxy) is 4. The summed E-state index contributed by atoms with van der Waals surface area (Å²) in [6.45, 7) is 4.48. The Labute approximate surface area is 119 Å². The maximum atomic E-state index is 12.1. The van der Waals surface area contributed by atoms with Crippen LogP contribution < -0.4 is 0 Å². The standard InChI is InChI=1S/C14H24O6/c1-5-7-19-12(15)10-9-14(17-3,18-4)11(10)13(16)20-8-6-2/h10-11H,5-9H2,1-4H3/t10-,11-/m1/s1. The Morgan fingerprint density at radius 3 is 1.95 bits per heavy atom. The van der Waals surface area contributed by atoms with Crippen LogP contribution in [-0.4, -0.2) is 45.2 Å². The highest BCUT2D eigenvalue weighted by Gasteiger charge is 2.63. The molecule has 0 N–H and O–H groups in total. The molecule has 0 radical (unpaired) electrons. The van der Waals surface area contributed by atoms with Gasteiger partial charge in [0.2, 0.25) is 0 Å². The highest BCUT2D eigenvalue weighted by molar-refractivity contribution is 5.85. The van der Waals surface area contributed by atoms with Gasteiger partial charge in [0, 0.05) is 20.6 Å². The average molecular weight is 288 g/mol. The van der Waals surface area contributed by atoms with Gasteiger partial charge in [0.25, 0.3) is 0 Å². The van der Waals surface area contributed by atoms with E-state index in [2.05, 4.69) is 0 Å². The van der Waals surface area contributed by atoms with Crippen LogP contribution >= 0.6 is 0 Å². The third kappa shape index (κ3) is 3.30. The zero-order valence-corrected chi connectivity index (χ0v) is 12.6. The third-order valence-corrected chi connectivity index (χ3v) is 3.53. The number of carbonyl (C=O) groups excluding carboxylic acids is 2.